The molecule has 0 spiro atoms. The second kappa shape index (κ2) is 13.7. The number of benzene rings is 5. The topological polar surface area (TPSA) is 29.0 Å². The molecule has 0 aliphatic heterocycles. The Balaban J connectivity index is 1.35. The standard InChI is InChI=1S/C46H43N3Si/c1-32-23-24-33(2)45(25-32)49(39-21-13-19-37(26-39)43-28-41(34(3)30-47-43)35-15-9-7-10-16-35)40-22-14-20-38(27-40)44-29-42(36-17-11-8-12-18-36)46(31-48-44)50(4,5)6/h7-31H,1-6H3. The van der Waals surface area contributed by atoms with Gasteiger partial charge in [0.1, 0.15) is 0 Å². The smallest absolute Gasteiger partial charge is 0.0804 e. The summed E-state index contributed by atoms with van der Waals surface area (Å²) in [6.45, 7) is 13.6. The summed E-state index contributed by atoms with van der Waals surface area (Å²) in [4.78, 5) is 12.4. The van der Waals surface area contributed by atoms with Gasteiger partial charge in [0.25, 0.3) is 0 Å². The highest BCUT2D eigenvalue weighted by Gasteiger charge is 2.23. The number of anilines is 3. The Labute approximate surface area is 298 Å². The second-order valence-electron chi connectivity index (χ2n) is 14.2. The van der Waals surface area contributed by atoms with Crippen LogP contribution in [-0.4, -0.2) is 18.0 Å². The van der Waals surface area contributed by atoms with Gasteiger partial charge in [0.05, 0.1) is 19.5 Å². The molecule has 0 saturated heterocycles. The summed E-state index contributed by atoms with van der Waals surface area (Å²) in [7, 11) is -1.65. The summed E-state index contributed by atoms with van der Waals surface area (Å²) in [6, 6.07) is 50.0. The van der Waals surface area contributed by atoms with Crippen molar-refractivity contribution in [3.63, 3.8) is 0 Å². The van der Waals surface area contributed by atoms with Gasteiger partial charge in [0.15, 0.2) is 0 Å². The lowest BCUT2D eigenvalue weighted by Crippen LogP contribution is -2.39. The number of rotatable bonds is 8. The highest BCUT2D eigenvalue weighted by Crippen LogP contribution is 2.40. The van der Waals surface area contributed by atoms with Crippen molar-refractivity contribution in [1.29, 1.82) is 0 Å². The van der Waals surface area contributed by atoms with Crippen LogP contribution in [0.2, 0.25) is 19.6 Å². The predicted octanol–water partition coefficient (Wildman–Crippen LogP) is 12.1. The fraction of sp³-hybridized carbons (Fsp3) is 0.130. The molecule has 50 heavy (non-hydrogen) atoms. The Kier molecular flexibility index (Phi) is 9.05. The van der Waals surface area contributed by atoms with Gasteiger partial charge in [-0.2, -0.15) is 0 Å². The van der Waals surface area contributed by atoms with Crippen LogP contribution < -0.4 is 10.1 Å². The maximum Gasteiger partial charge on any atom is 0.0804 e. The van der Waals surface area contributed by atoms with Gasteiger partial charge in [-0.05, 0) is 107 Å². The van der Waals surface area contributed by atoms with Gasteiger partial charge in [0, 0.05) is 40.6 Å². The van der Waals surface area contributed by atoms with Crippen LogP contribution in [0.1, 0.15) is 16.7 Å². The van der Waals surface area contributed by atoms with Gasteiger partial charge in [-0.25, -0.2) is 0 Å². The van der Waals surface area contributed by atoms with Crippen LogP contribution in [-0.2, 0) is 0 Å². The van der Waals surface area contributed by atoms with Crippen molar-refractivity contribution in [2.45, 2.75) is 40.4 Å². The largest absolute Gasteiger partial charge is 0.310 e. The second-order valence-corrected chi connectivity index (χ2v) is 19.2. The fourth-order valence-corrected chi connectivity index (χ4v) is 8.15. The lowest BCUT2D eigenvalue weighted by atomic mass is 9.99. The molecule has 0 aliphatic carbocycles. The first-order valence-corrected chi connectivity index (χ1v) is 20.8. The predicted molar refractivity (Wildman–Crippen MR) is 216 cm³/mol. The molecule has 246 valence electrons. The van der Waals surface area contributed by atoms with E-state index in [1.54, 1.807) is 0 Å². The molecule has 3 nitrogen and oxygen atoms in total. The van der Waals surface area contributed by atoms with Crippen LogP contribution in [0, 0.1) is 20.8 Å². The first-order chi connectivity index (χ1) is 24.2. The van der Waals surface area contributed by atoms with E-state index in [4.69, 9.17) is 9.97 Å². The molecule has 7 aromatic rings. The highest BCUT2D eigenvalue weighted by atomic mass is 28.3. The number of hydrogen-bond donors (Lipinski definition) is 0. The van der Waals surface area contributed by atoms with E-state index < -0.39 is 8.07 Å². The van der Waals surface area contributed by atoms with E-state index in [0.717, 1.165) is 45.1 Å². The van der Waals surface area contributed by atoms with Crippen molar-refractivity contribution in [1.82, 2.24) is 9.97 Å². The molecule has 2 aromatic heterocycles. The van der Waals surface area contributed by atoms with Crippen LogP contribution in [0.5, 0.6) is 0 Å². The molecule has 0 N–H and O–H groups in total. The lowest BCUT2D eigenvalue weighted by molar-refractivity contribution is 1.23. The third-order valence-electron chi connectivity index (χ3n) is 9.39. The molecule has 4 heteroatoms. The summed E-state index contributed by atoms with van der Waals surface area (Å²) < 4.78 is 0. The van der Waals surface area contributed by atoms with Crippen LogP contribution >= 0.6 is 0 Å². The number of hydrogen-bond acceptors (Lipinski definition) is 3. The molecule has 0 fully saturated rings. The quantitative estimate of drug-likeness (QED) is 0.151. The van der Waals surface area contributed by atoms with Gasteiger partial charge in [-0.1, -0.05) is 117 Å². The van der Waals surface area contributed by atoms with E-state index in [1.165, 1.54) is 38.6 Å². The summed E-state index contributed by atoms with van der Waals surface area (Å²) in [5.74, 6) is 0. The lowest BCUT2D eigenvalue weighted by Gasteiger charge is -2.28. The minimum absolute atomic E-state index is 0.950. The van der Waals surface area contributed by atoms with Gasteiger partial charge in [-0.15, -0.1) is 0 Å². The molecule has 2 heterocycles. The van der Waals surface area contributed by atoms with E-state index in [-0.39, 0.29) is 0 Å². The van der Waals surface area contributed by atoms with E-state index in [1.807, 2.05) is 6.20 Å². The summed E-state index contributed by atoms with van der Waals surface area (Å²) in [6.07, 6.45) is 4.11. The van der Waals surface area contributed by atoms with Gasteiger partial charge >= 0.3 is 0 Å². The molecule has 5 aromatic carbocycles. The zero-order valence-corrected chi connectivity index (χ0v) is 30.8. The minimum Gasteiger partial charge on any atom is -0.310 e. The molecule has 0 saturated carbocycles. The van der Waals surface area contributed by atoms with E-state index in [9.17, 15) is 0 Å². The van der Waals surface area contributed by atoms with E-state index in [0.29, 0.717) is 0 Å². The Bertz CT molecular complexity index is 2290. The molecule has 0 aliphatic rings. The molecule has 0 radical (unpaired) electrons. The third kappa shape index (κ3) is 6.80. The zero-order chi connectivity index (χ0) is 34.8. The van der Waals surface area contributed by atoms with Crippen molar-refractivity contribution in [3.05, 3.63) is 169 Å². The molecule has 0 atom stereocenters. The average Bonchev–Trinajstić information content (AvgIpc) is 3.14. The highest BCUT2D eigenvalue weighted by molar-refractivity contribution is 6.89. The Morgan fingerprint density at radius 3 is 1.56 bits per heavy atom. The fourth-order valence-electron chi connectivity index (χ4n) is 6.67. The summed E-state index contributed by atoms with van der Waals surface area (Å²) in [5, 5.41) is 1.37. The van der Waals surface area contributed by atoms with Crippen LogP contribution in [0.4, 0.5) is 17.1 Å². The van der Waals surface area contributed by atoms with Crippen molar-refractivity contribution >= 4 is 30.3 Å². The van der Waals surface area contributed by atoms with E-state index in [2.05, 4.69) is 191 Å². The third-order valence-corrected chi connectivity index (χ3v) is 11.4. The van der Waals surface area contributed by atoms with Crippen molar-refractivity contribution in [2.75, 3.05) is 4.90 Å². The molecule has 0 unspecified atom stereocenters. The average molecular weight is 666 g/mol. The molecular formula is C46H43N3Si. The first-order valence-electron chi connectivity index (χ1n) is 17.3. The van der Waals surface area contributed by atoms with Crippen LogP contribution in [0.3, 0.4) is 0 Å². The monoisotopic (exact) mass is 665 g/mol. The Hall–Kier alpha value is -5.58. The number of nitrogens with zero attached hydrogens (tertiary/aromatic N) is 3. The van der Waals surface area contributed by atoms with Crippen molar-refractivity contribution < 1.29 is 0 Å². The van der Waals surface area contributed by atoms with E-state index >= 15 is 0 Å². The number of aromatic nitrogens is 2. The van der Waals surface area contributed by atoms with Crippen LogP contribution in [0.15, 0.2) is 152 Å². The maximum atomic E-state index is 5.08. The summed E-state index contributed by atoms with van der Waals surface area (Å²) >= 11 is 0. The first kappa shape index (κ1) is 32.9. The molecule has 0 bridgehead atoms. The molecule has 7 rings (SSSR count). The molecular weight excluding hydrogens is 623 g/mol. The van der Waals surface area contributed by atoms with Crippen LogP contribution in [0.25, 0.3) is 44.8 Å². The number of aryl methyl sites for hydroxylation is 3. The minimum atomic E-state index is -1.65. The van der Waals surface area contributed by atoms with Crippen molar-refractivity contribution in [3.8, 4) is 44.8 Å². The van der Waals surface area contributed by atoms with Gasteiger partial charge in [0.2, 0.25) is 0 Å². The number of pyridine rings is 2. The Morgan fingerprint density at radius 2 is 0.980 bits per heavy atom. The van der Waals surface area contributed by atoms with Gasteiger partial charge < -0.3 is 4.90 Å². The SMILES string of the molecule is Cc1ccc(C)c(N(c2cccc(-c3cc(-c4ccccc4)c(C)cn3)c2)c2cccc(-c3cc(-c4ccccc4)c([Si](C)(C)C)cn3)c2)c1. The summed E-state index contributed by atoms with van der Waals surface area (Å²) in [5.41, 5.74) is 15.9. The normalized spacial score (nSPS) is 11.4. The van der Waals surface area contributed by atoms with Crippen molar-refractivity contribution in [2.24, 2.45) is 0 Å². The maximum absolute atomic E-state index is 5.08. The zero-order valence-electron chi connectivity index (χ0n) is 29.8. The molecule has 0 amide bonds. The van der Waals surface area contributed by atoms with Gasteiger partial charge in [-0.3, -0.25) is 9.97 Å². The Morgan fingerprint density at radius 1 is 0.460 bits per heavy atom.